The van der Waals surface area contributed by atoms with Crippen LogP contribution in [0.15, 0.2) is 16.5 Å². The van der Waals surface area contributed by atoms with Gasteiger partial charge in [-0.1, -0.05) is 0 Å². The zero-order chi connectivity index (χ0) is 8.39. The van der Waals surface area contributed by atoms with E-state index in [0.717, 1.165) is 18.8 Å². The molecule has 1 saturated heterocycles. The molecule has 0 spiro atoms. The van der Waals surface area contributed by atoms with E-state index < -0.39 is 0 Å². The molecule has 1 aromatic heterocycles. The molecule has 1 aliphatic rings. The van der Waals surface area contributed by atoms with E-state index in [-0.39, 0.29) is 0 Å². The highest BCUT2D eigenvalue weighted by Gasteiger charge is 2.17. The van der Waals surface area contributed by atoms with Gasteiger partial charge in [-0.05, 0) is 43.1 Å². The first-order valence-corrected chi connectivity index (χ1v) is 4.70. The highest BCUT2D eigenvalue weighted by molar-refractivity contribution is 6.28. The predicted molar refractivity (Wildman–Crippen MR) is 48.6 cm³/mol. The molecule has 0 saturated carbocycles. The van der Waals surface area contributed by atoms with Crippen molar-refractivity contribution in [3.63, 3.8) is 0 Å². The normalized spacial score (nSPS) is 24.2. The summed E-state index contributed by atoms with van der Waals surface area (Å²) in [6, 6.07) is 3.78. The average molecular weight is 186 g/mol. The fourth-order valence-corrected chi connectivity index (χ4v) is 1.79. The smallest absolute Gasteiger partial charge is 0.193 e. The summed E-state index contributed by atoms with van der Waals surface area (Å²) in [4.78, 5) is 0. The summed E-state index contributed by atoms with van der Waals surface area (Å²) >= 11 is 5.69. The van der Waals surface area contributed by atoms with Gasteiger partial charge in [0.2, 0.25) is 0 Å². The third kappa shape index (κ3) is 1.65. The minimum Gasteiger partial charge on any atom is -0.449 e. The van der Waals surface area contributed by atoms with Crippen molar-refractivity contribution in [3.8, 4) is 0 Å². The number of hydrogen-bond donors (Lipinski definition) is 1. The van der Waals surface area contributed by atoms with Crippen molar-refractivity contribution in [2.24, 2.45) is 0 Å². The lowest BCUT2D eigenvalue weighted by molar-refractivity contribution is 0.389. The first-order valence-electron chi connectivity index (χ1n) is 4.32. The van der Waals surface area contributed by atoms with Crippen LogP contribution in [0.4, 0.5) is 0 Å². The number of furan rings is 1. The molecule has 0 amide bonds. The Labute approximate surface area is 76.9 Å². The van der Waals surface area contributed by atoms with Crippen molar-refractivity contribution in [1.29, 1.82) is 0 Å². The van der Waals surface area contributed by atoms with Gasteiger partial charge in [-0.2, -0.15) is 0 Å². The lowest BCUT2D eigenvalue weighted by Gasteiger charge is -2.20. The van der Waals surface area contributed by atoms with E-state index in [1.165, 1.54) is 12.8 Å². The largest absolute Gasteiger partial charge is 0.449 e. The van der Waals surface area contributed by atoms with E-state index in [4.69, 9.17) is 16.0 Å². The average Bonchev–Trinajstić information content (AvgIpc) is 2.54. The zero-order valence-electron chi connectivity index (χ0n) is 6.85. The molecule has 2 rings (SSSR count). The molecule has 2 nitrogen and oxygen atoms in total. The van der Waals surface area contributed by atoms with Crippen molar-refractivity contribution in [2.75, 3.05) is 13.1 Å². The summed E-state index contributed by atoms with van der Waals surface area (Å²) in [5, 5.41) is 3.84. The van der Waals surface area contributed by atoms with Gasteiger partial charge < -0.3 is 9.73 Å². The Morgan fingerprint density at radius 1 is 1.50 bits per heavy atom. The molecule has 1 aliphatic heterocycles. The van der Waals surface area contributed by atoms with Gasteiger partial charge >= 0.3 is 0 Å². The van der Waals surface area contributed by atoms with Crippen molar-refractivity contribution in [2.45, 2.75) is 18.8 Å². The summed E-state index contributed by atoms with van der Waals surface area (Å²) in [5.41, 5.74) is 0. The van der Waals surface area contributed by atoms with Crippen molar-refractivity contribution < 1.29 is 4.42 Å². The van der Waals surface area contributed by atoms with Crippen molar-refractivity contribution in [3.05, 3.63) is 23.1 Å². The molecular formula is C9H12ClNO. The molecule has 1 atom stereocenters. The van der Waals surface area contributed by atoms with Gasteiger partial charge in [-0.3, -0.25) is 0 Å². The number of hydrogen-bond acceptors (Lipinski definition) is 2. The van der Waals surface area contributed by atoms with Crippen molar-refractivity contribution in [1.82, 2.24) is 5.32 Å². The Bertz CT molecular complexity index is 253. The lowest BCUT2D eigenvalue weighted by atomic mass is 9.97. The Kier molecular flexibility index (Phi) is 2.38. The number of halogens is 1. The maximum atomic E-state index is 5.69. The molecule has 0 aliphatic carbocycles. The Hall–Kier alpha value is -0.470. The SMILES string of the molecule is Clc1ccc([C@@H]2CCCNC2)o1. The molecule has 0 bridgehead atoms. The van der Waals surface area contributed by atoms with Gasteiger partial charge in [0, 0.05) is 12.5 Å². The van der Waals surface area contributed by atoms with Gasteiger partial charge in [0.15, 0.2) is 5.22 Å². The van der Waals surface area contributed by atoms with Gasteiger partial charge in [0.1, 0.15) is 5.76 Å². The topological polar surface area (TPSA) is 25.2 Å². The fraction of sp³-hybridized carbons (Fsp3) is 0.556. The van der Waals surface area contributed by atoms with Gasteiger partial charge in [-0.25, -0.2) is 0 Å². The van der Waals surface area contributed by atoms with Crippen LogP contribution >= 0.6 is 11.6 Å². The van der Waals surface area contributed by atoms with E-state index >= 15 is 0 Å². The molecular weight excluding hydrogens is 174 g/mol. The van der Waals surface area contributed by atoms with Crippen LogP contribution in [0, 0.1) is 0 Å². The molecule has 12 heavy (non-hydrogen) atoms. The molecule has 1 aromatic rings. The van der Waals surface area contributed by atoms with E-state index in [1.807, 2.05) is 12.1 Å². The number of nitrogens with one attached hydrogen (secondary N) is 1. The Balaban J connectivity index is 2.08. The quantitative estimate of drug-likeness (QED) is 0.727. The second kappa shape index (κ2) is 3.50. The standard InChI is InChI=1S/C9H12ClNO/c10-9-4-3-8(12-9)7-2-1-5-11-6-7/h3-4,7,11H,1-2,5-6H2/t7-/m1/s1. The van der Waals surface area contributed by atoms with E-state index in [1.54, 1.807) is 0 Å². The summed E-state index contributed by atoms with van der Waals surface area (Å²) in [7, 11) is 0. The highest BCUT2D eigenvalue weighted by atomic mass is 35.5. The van der Waals surface area contributed by atoms with Crippen LogP contribution in [0.2, 0.25) is 5.22 Å². The summed E-state index contributed by atoms with van der Waals surface area (Å²) in [5.74, 6) is 1.54. The van der Waals surface area contributed by atoms with Crippen LogP contribution in [0.3, 0.4) is 0 Å². The minimum absolute atomic E-state index is 0.496. The Morgan fingerprint density at radius 2 is 2.42 bits per heavy atom. The predicted octanol–water partition coefficient (Wildman–Crippen LogP) is 2.40. The van der Waals surface area contributed by atoms with E-state index in [2.05, 4.69) is 5.32 Å². The number of piperidine rings is 1. The summed E-state index contributed by atoms with van der Waals surface area (Å²) < 4.78 is 5.35. The van der Waals surface area contributed by atoms with Gasteiger partial charge in [-0.15, -0.1) is 0 Å². The molecule has 0 radical (unpaired) electrons. The van der Waals surface area contributed by atoms with Crippen LogP contribution in [0.25, 0.3) is 0 Å². The minimum atomic E-state index is 0.496. The summed E-state index contributed by atoms with van der Waals surface area (Å²) in [6.45, 7) is 2.15. The van der Waals surface area contributed by atoms with Crippen LogP contribution in [-0.4, -0.2) is 13.1 Å². The van der Waals surface area contributed by atoms with Crippen LogP contribution in [-0.2, 0) is 0 Å². The molecule has 2 heterocycles. The second-order valence-electron chi connectivity index (χ2n) is 3.19. The van der Waals surface area contributed by atoms with E-state index in [9.17, 15) is 0 Å². The molecule has 66 valence electrons. The molecule has 3 heteroatoms. The third-order valence-electron chi connectivity index (χ3n) is 2.29. The molecule has 0 aromatic carbocycles. The van der Waals surface area contributed by atoms with Crippen LogP contribution in [0.1, 0.15) is 24.5 Å². The first kappa shape index (κ1) is 8.14. The fourth-order valence-electron chi connectivity index (χ4n) is 1.64. The second-order valence-corrected chi connectivity index (χ2v) is 3.56. The summed E-state index contributed by atoms with van der Waals surface area (Å²) in [6.07, 6.45) is 2.43. The maximum absolute atomic E-state index is 5.69. The third-order valence-corrected chi connectivity index (χ3v) is 2.50. The Morgan fingerprint density at radius 3 is 3.00 bits per heavy atom. The van der Waals surface area contributed by atoms with Gasteiger partial charge in [0.25, 0.3) is 0 Å². The molecule has 1 N–H and O–H groups in total. The maximum Gasteiger partial charge on any atom is 0.193 e. The number of rotatable bonds is 1. The molecule has 1 fully saturated rings. The van der Waals surface area contributed by atoms with Crippen LogP contribution in [0.5, 0.6) is 0 Å². The van der Waals surface area contributed by atoms with Gasteiger partial charge in [0.05, 0.1) is 0 Å². The van der Waals surface area contributed by atoms with E-state index in [0.29, 0.717) is 11.1 Å². The zero-order valence-corrected chi connectivity index (χ0v) is 7.60. The monoisotopic (exact) mass is 185 g/mol. The highest BCUT2D eigenvalue weighted by Crippen LogP contribution is 2.26. The molecule has 0 unspecified atom stereocenters. The lowest BCUT2D eigenvalue weighted by Crippen LogP contribution is -2.28. The first-order chi connectivity index (χ1) is 5.86. The van der Waals surface area contributed by atoms with Crippen molar-refractivity contribution >= 4 is 11.6 Å². The van der Waals surface area contributed by atoms with Crippen LogP contribution < -0.4 is 5.32 Å².